The number of rotatable bonds is 9. The van der Waals surface area contributed by atoms with Gasteiger partial charge in [-0.2, -0.15) is 0 Å². The minimum atomic E-state index is -1.10. The van der Waals surface area contributed by atoms with E-state index in [1.54, 1.807) is 38.5 Å². The highest BCUT2D eigenvalue weighted by molar-refractivity contribution is 14.1. The summed E-state index contributed by atoms with van der Waals surface area (Å²) in [4.78, 5) is 11.9. The third kappa shape index (κ3) is 6.07. The highest BCUT2D eigenvalue weighted by Gasteiger charge is 2.18. The topological polar surface area (TPSA) is 104 Å². The normalized spacial score (nSPS) is 11.3. The van der Waals surface area contributed by atoms with Crippen LogP contribution < -0.4 is 14.2 Å². The maximum atomic E-state index is 11.9. The molecule has 0 aliphatic rings. The van der Waals surface area contributed by atoms with Crippen LogP contribution in [-0.2, 0) is 4.79 Å². The van der Waals surface area contributed by atoms with Gasteiger partial charge in [0.15, 0.2) is 0 Å². The fourth-order valence-electron chi connectivity index (χ4n) is 2.62. The number of benzene rings is 2. The van der Waals surface area contributed by atoms with Crippen LogP contribution in [0.4, 0.5) is 0 Å². The number of aliphatic carboxylic acids is 1. The molecule has 0 radical (unpaired) electrons. The Morgan fingerprint density at radius 1 is 1.09 bits per heavy atom. The number of carboxylic acids is 1. The molecule has 0 aliphatic carbocycles. The first-order valence-electron chi connectivity index (χ1n) is 9.16. The lowest BCUT2D eigenvalue weighted by Crippen LogP contribution is -1.99. The zero-order chi connectivity index (χ0) is 23.3. The SMILES string of the molecule is CCOc1c(I)cc(/C=C(\Sc2nnc(-c3cc(OC)cc(OC)c3)o2)C(=O)O)cc1I. The highest BCUT2D eigenvalue weighted by Crippen LogP contribution is 2.34. The van der Waals surface area contributed by atoms with E-state index in [1.165, 1.54) is 0 Å². The van der Waals surface area contributed by atoms with E-state index >= 15 is 0 Å². The molecule has 0 spiro atoms. The van der Waals surface area contributed by atoms with Gasteiger partial charge < -0.3 is 23.7 Å². The molecule has 0 bridgehead atoms. The van der Waals surface area contributed by atoms with E-state index in [0.29, 0.717) is 23.7 Å². The monoisotopic (exact) mass is 680 g/mol. The molecule has 0 unspecified atom stereocenters. The predicted octanol–water partition coefficient (Wildman–Crippen LogP) is 5.58. The Kier molecular flexibility index (Phi) is 8.64. The molecule has 0 fully saturated rings. The summed E-state index contributed by atoms with van der Waals surface area (Å²) in [6.07, 6.45) is 1.56. The summed E-state index contributed by atoms with van der Waals surface area (Å²) >= 11 is 5.21. The largest absolute Gasteiger partial charge is 0.497 e. The van der Waals surface area contributed by atoms with Crippen LogP contribution in [0.3, 0.4) is 0 Å². The van der Waals surface area contributed by atoms with Gasteiger partial charge in [0.05, 0.1) is 28.0 Å². The van der Waals surface area contributed by atoms with Crippen molar-refractivity contribution >= 4 is 69.0 Å². The number of hydrogen-bond donors (Lipinski definition) is 1. The second kappa shape index (κ2) is 11.2. The van der Waals surface area contributed by atoms with E-state index < -0.39 is 5.97 Å². The van der Waals surface area contributed by atoms with Gasteiger partial charge in [-0.05, 0) is 99.8 Å². The fourth-order valence-corrected chi connectivity index (χ4v) is 5.42. The Labute approximate surface area is 216 Å². The molecule has 2 aromatic carbocycles. The fraction of sp³-hybridized carbons (Fsp3) is 0.190. The number of halogens is 2. The predicted molar refractivity (Wildman–Crippen MR) is 137 cm³/mol. The molecule has 3 aromatic rings. The number of carboxylic acid groups (broad SMARTS) is 1. The number of methoxy groups -OCH3 is 2. The van der Waals surface area contributed by atoms with Gasteiger partial charge in [0.1, 0.15) is 22.2 Å². The maximum absolute atomic E-state index is 11.9. The Bertz CT molecular complexity index is 1120. The van der Waals surface area contributed by atoms with Gasteiger partial charge in [-0.1, -0.05) is 0 Å². The van der Waals surface area contributed by atoms with Gasteiger partial charge in [0, 0.05) is 11.6 Å². The first-order valence-corrected chi connectivity index (χ1v) is 12.1. The molecule has 0 atom stereocenters. The highest BCUT2D eigenvalue weighted by atomic mass is 127. The van der Waals surface area contributed by atoms with Crippen molar-refractivity contribution < 1.29 is 28.5 Å². The molecule has 3 rings (SSSR count). The lowest BCUT2D eigenvalue weighted by atomic mass is 10.2. The number of ether oxygens (including phenoxy) is 3. The zero-order valence-corrected chi connectivity index (χ0v) is 22.3. The maximum Gasteiger partial charge on any atom is 0.342 e. The molecule has 0 saturated heterocycles. The molecule has 168 valence electrons. The average molecular weight is 680 g/mol. The molecular weight excluding hydrogens is 662 g/mol. The second-order valence-electron chi connectivity index (χ2n) is 6.14. The van der Waals surface area contributed by atoms with Crippen molar-refractivity contribution in [3.8, 4) is 28.7 Å². The smallest absolute Gasteiger partial charge is 0.342 e. The minimum Gasteiger partial charge on any atom is -0.497 e. The van der Waals surface area contributed by atoms with Gasteiger partial charge in [-0.3, -0.25) is 0 Å². The third-order valence-corrected chi connectivity index (χ3v) is 6.47. The van der Waals surface area contributed by atoms with Crippen LogP contribution in [0.5, 0.6) is 17.2 Å². The van der Waals surface area contributed by atoms with Crippen LogP contribution in [0.15, 0.2) is 44.9 Å². The van der Waals surface area contributed by atoms with Crippen LogP contribution >= 0.6 is 56.9 Å². The second-order valence-corrected chi connectivity index (χ2v) is 9.45. The quantitative estimate of drug-likeness (QED) is 0.176. The van der Waals surface area contributed by atoms with E-state index in [2.05, 4.69) is 55.4 Å². The van der Waals surface area contributed by atoms with Gasteiger partial charge >= 0.3 is 5.97 Å². The summed E-state index contributed by atoms with van der Waals surface area (Å²) in [6.45, 7) is 2.47. The molecule has 8 nitrogen and oxygen atoms in total. The van der Waals surface area contributed by atoms with E-state index in [9.17, 15) is 9.90 Å². The van der Waals surface area contributed by atoms with Gasteiger partial charge in [0.25, 0.3) is 5.22 Å². The zero-order valence-electron chi connectivity index (χ0n) is 17.2. The number of thioether (sulfide) groups is 1. The van der Waals surface area contributed by atoms with Crippen LogP contribution in [0, 0.1) is 7.14 Å². The first kappa shape index (κ1) is 24.6. The number of aromatic nitrogens is 2. The van der Waals surface area contributed by atoms with Crippen LogP contribution in [0.25, 0.3) is 17.5 Å². The van der Waals surface area contributed by atoms with Gasteiger partial charge in [-0.15, -0.1) is 10.2 Å². The van der Waals surface area contributed by atoms with E-state index in [0.717, 1.165) is 30.2 Å². The summed E-state index contributed by atoms with van der Waals surface area (Å²) in [5.41, 5.74) is 1.32. The molecule has 1 heterocycles. The van der Waals surface area contributed by atoms with Crippen LogP contribution in [0.2, 0.25) is 0 Å². The molecule has 0 aliphatic heterocycles. The van der Waals surface area contributed by atoms with Crippen LogP contribution in [0.1, 0.15) is 12.5 Å². The van der Waals surface area contributed by atoms with Crippen molar-refractivity contribution in [1.82, 2.24) is 10.2 Å². The van der Waals surface area contributed by atoms with Crippen molar-refractivity contribution in [2.75, 3.05) is 20.8 Å². The Hall–Kier alpha value is -2.00. The van der Waals surface area contributed by atoms with E-state index in [1.807, 2.05) is 19.1 Å². The van der Waals surface area contributed by atoms with Crippen molar-refractivity contribution in [2.45, 2.75) is 12.1 Å². The van der Waals surface area contributed by atoms with Crippen molar-refractivity contribution in [3.05, 3.63) is 47.9 Å². The molecule has 0 amide bonds. The lowest BCUT2D eigenvalue weighted by Gasteiger charge is -2.09. The number of nitrogens with zero attached hydrogens (tertiary/aromatic N) is 2. The Balaban J connectivity index is 1.89. The summed E-state index contributed by atoms with van der Waals surface area (Å²) in [7, 11) is 3.09. The molecule has 11 heteroatoms. The first-order chi connectivity index (χ1) is 15.3. The summed E-state index contributed by atoms with van der Waals surface area (Å²) in [5, 5.41) is 17.8. The molecular formula is C21H18I2N2O6S. The van der Waals surface area contributed by atoms with Crippen molar-refractivity contribution in [2.24, 2.45) is 0 Å². The lowest BCUT2D eigenvalue weighted by molar-refractivity contribution is -0.131. The van der Waals surface area contributed by atoms with E-state index in [4.69, 9.17) is 18.6 Å². The molecule has 32 heavy (non-hydrogen) atoms. The molecule has 1 N–H and O–H groups in total. The Morgan fingerprint density at radius 2 is 1.72 bits per heavy atom. The third-order valence-electron chi connectivity index (χ3n) is 4.02. The average Bonchev–Trinajstić information content (AvgIpc) is 3.24. The number of carbonyl (C=O) groups is 1. The standard InChI is InChI=1S/C21H18I2N2O6S/c1-4-30-18-15(22)5-11(6-16(18)23)7-17(20(26)27)32-21-25-24-19(31-21)12-8-13(28-2)10-14(9-12)29-3/h5-10H,4H2,1-3H3,(H,26,27)/b17-7-. The summed E-state index contributed by atoms with van der Waals surface area (Å²) in [6, 6.07) is 8.89. The van der Waals surface area contributed by atoms with Gasteiger partial charge in [0.2, 0.25) is 5.89 Å². The van der Waals surface area contributed by atoms with E-state index in [-0.39, 0.29) is 16.0 Å². The van der Waals surface area contributed by atoms with Crippen molar-refractivity contribution in [3.63, 3.8) is 0 Å². The van der Waals surface area contributed by atoms with Crippen LogP contribution in [-0.4, -0.2) is 42.1 Å². The summed E-state index contributed by atoms with van der Waals surface area (Å²) < 4.78 is 23.6. The summed E-state index contributed by atoms with van der Waals surface area (Å²) in [5.74, 6) is 1.04. The van der Waals surface area contributed by atoms with Gasteiger partial charge in [-0.25, -0.2) is 4.79 Å². The molecule has 1 aromatic heterocycles. The number of hydrogen-bond acceptors (Lipinski definition) is 8. The Morgan fingerprint density at radius 3 is 2.25 bits per heavy atom. The van der Waals surface area contributed by atoms with Crippen molar-refractivity contribution in [1.29, 1.82) is 0 Å². The minimum absolute atomic E-state index is 0.0409. The molecule has 0 saturated carbocycles.